The summed E-state index contributed by atoms with van der Waals surface area (Å²) in [5.41, 5.74) is 15.0. The predicted molar refractivity (Wildman–Crippen MR) is 54.8 cm³/mol. The Bertz CT molecular complexity index is 125. The first-order chi connectivity index (χ1) is 6.63. The zero-order valence-corrected chi connectivity index (χ0v) is 8.61. The van der Waals surface area contributed by atoms with Gasteiger partial charge in [-0.05, 0) is 13.0 Å². The van der Waals surface area contributed by atoms with Crippen molar-refractivity contribution in [3.8, 4) is 0 Å². The molecule has 0 aliphatic heterocycles. The summed E-state index contributed by atoms with van der Waals surface area (Å²) in [5, 5.41) is 8.50. The van der Waals surface area contributed by atoms with E-state index in [0.29, 0.717) is 26.1 Å². The highest BCUT2D eigenvalue weighted by molar-refractivity contribution is 5.70. The Kier molecular flexibility index (Phi) is 13.9. The van der Waals surface area contributed by atoms with Crippen LogP contribution < -0.4 is 17.2 Å². The Morgan fingerprint density at radius 1 is 1.29 bits per heavy atom. The first kappa shape index (κ1) is 15.8. The minimum atomic E-state index is -0.840. The number of rotatable bonds is 6. The number of aliphatic carboxylic acids is 1. The Morgan fingerprint density at radius 2 is 1.79 bits per heavy atom. The predicted octanol–water partition coefficient (Wildman–Crippen LogP) is -1.41. The lowest BCUT2D eigenvalue weighted by Gasteiger charge is -2.08. The molecule has 0 aliphatic rings. The first-order valence-electron chi connectivity index (χ1n) is 4.45. The Morgan fingerprint density at radius 3 is 2.00 bits per heavy atom. The number of methoxy groups -OCH3 is 1. The average molecular weight is 207 g/mol. The Labute approximate surface area is 84.4 Å². The summed E-state index contributed by atoms with van der Waals surface area (Å²) in [6, 6.07) is 0. The number of nitrogens with two attached hydrogens (primary N) is 3. The van der Waals surface area contributed by atoms with Crippen LogP contribution in [0.1, 0.15) is 6.42 Å². The van der Waals surface area contributed by atoms with Gasteiger partial charge in [0, 0.05) is 20.2 Å². The molecule has 0 amide bonds. The molecule has 6 nitrogen and oxygen atoms in total. The quantitative estimate of drug-likeness (QED) is 0.424. The molecule has 86 valence electrons. The van der Waals surface area contributed by atoms with Gasteiger partial charge in [0.15, 0.2) is 0 Å². The van der Waals surface area contributed by atoms with E-state index in [2.05, 4.69) is 4.74 Å². The molecule has 0 rings (SSSR count). The van der Waals surface area contributed by atoms with E-state index >= 15 is 0 Å². The standard InChI is InChI=1S/C6H13NO3.C2H8N2/c1-10-4-5(2-3-7)6(8)9;3-1-2-4/h5H,2-4,7H2,1H3,(H,8,9);1-4H2. The second-order valence-electron chi connectivity index (χ2n) is 2.65. The number of carbonyl (C=O) groups is 1. The Balaban J connectivity index is 0. The SMILES string of the molecule is COCC(CCN)C(=O)O.NCCN. The van der Waals surface area contributed by atoms with Gasteiger partial charge in [-0.15, -0.1) is 0 Å². The second-order valence-corrected chi connectivity index (χ2v) is 2.65. The molecule has 0 fully saturated rings. The number of carboxylic acid groups (broad SMARTS) is 1. The van der Waals surface area contributed by atoms with Crippen molar-refractivity contribution >= 4 is 5.97 Å². The van der Waals surface area contributed by atoms with Crippen molar-refractivity contribution in [2.45, 2.75) is 6.42 Å². The highest BCUT2D eigenvalue weighted by Crippen LogP contribution is 2.01. The van der Waals surface area contributed by atoms with Gasteiger partial charge in [-0.3, -0.25) is 4.79 Å². The van der Waals surface area contributed by atoms with Crippen LogP contribution in [-0.2, 0) is 9.53 Å². The molecule has 0 aromatic carbocycles. The minimum Gasteiger partial charge on any atom is -0.481 e. The van der Waals surface area contributed by atoms with Crippen molar-refractivity contribution in [1.82, 2.24) is 0 Å². The number of ether oxygens (including phenoxy) is 1. The van der Waals surface area contributed by atoms with Gasteiger partial charge in [0.2, 0.25) is 0 Å². The van der Waals surface area contributed by atoms with E-state index < -0.39 is 11.9 Å². The van der Waals surface area contributed by atoms with Gasteiger partial charge < -0.3 is 27.0 Å². The summed E-state index contributed by atoms with van der Waals surface area (Å²) in [7, 11) is 1.48. The maximum Gasteiger partial charge on any atom is 0.308 e. The molecule has 0 aromatic rings. The zero-order chi connectivity index (χ0) is 11.4. The number of hydrogen-bond acceptors (Lipinski definition) is 5. The number of hydrogen-bond donors (Lipinski definition) is 4. The topological polar surface area (TPSA) is 125 Å². The van der Waals surface area contributed by atoms with Crippen LogP contribution in [0.15, 0.2) is 0 Å². The van der Waals surface area contributed by atoms with Crippen LogP contribution in [0.2, 0.25) is 0 Å². The van der Waals surface area contributed by atoms with Crippen LogP contribution >= 0.6 is 0 Å². The summed E-state index contributed by atoms with van der Waals surface area (Å²) in [4.78, 5) is 10.3. The van der Waals surface area contributed by atoms with Crippen molar-refractivity contribution in [2.24, 2.45) is 23.1 Å². The summed E-state index contributed by atoms with van der Waals surface area (Å²) in [6.45, 7) is 1.83. The normalized spacial score (nSPS) is 11.4. The molecule has 6 heteroatoms. The molecule has 0 saturated carbocycles. The van der Waals surface area contributed by atoms with E-state index in [1.54, 1.807) is 0 Å². The molecule has 0 bridgehead atoms. The first-order valence-corrected chi connectivity index (χ1v) is 4.45. The van der Waals surface area contributed by atoms with Gasteiger partial charge in [0.05, 0.1) is 12.5 Å². The van der Waals surface area contributed by atoms with E-state index in [9.17, 15) is 4.79 Å². The third-order valence-corrected chi connectivity index (χ3v) is 1.40. The molecule has 0 heterocycles. The molecule has 0 aromatic heterocycles. The molecular weight excluding hydrogens is 186 g/mol. The van der Waals surface area contributed by atoms with Crippen molar-refractivity contribution in [3.63, 3.8) is 0 Å². The van der Waals surface area contributed by atoms with Gasteiger partial charge in [0.1, 0.15) is 0 Å². The van der Waals surface area contributed by atoms with Gasteiger partial charge in [0.25, 0.3) is 0 Å². The molecule has 0 aliphatic carbocycles. The van der Waals surface area contributed by atoms with Crippen molar-refractivity contribution in [2.75, 3.05) is 33.4 Å². The van der Waals surface area contributed by atoms with E-state index in [-0.39, 0.29) is 6.61 Å². The average Bonchev–Trinajstić information content (AvgIpc) is 2.18. The highest BCUT2D eigenvalue weighted by Gasteiger charge is 2.15. The summed E-state index contributed by atoms with van der Waals surface area (Å²) >= 11 is 0. The minimum absolute atomic E-state index is 0.243. The molecule has 7 N–H and O–H groups in total. The van der Waals surface area contributed by atoms with Crippen LogP contribution in [0, 0.1) is 5.92 Å². The maximum atomic E-state index is 10.3. The second kappa shape index (κ2) is 12.3. The molecule has 1 atom stereocenters. The monoisotopic (exact) mass is 207 g/mol. The smallest absolute Gasteiger partial charge is 0.308 e. The molecule has 1 unspecified atom stereocenters. The lowest BCUT2D eigenvalue weighted by Crippen LogP contribution is -2.22. The van der Waals surface area contributed by atoms with Crippen LogP contribution in [0.5, 0.6) is 0 Å². The van der Waals surface area contributed by atoms with Crippen LogP contribution in [0.25, 0.3) is 0 Å². The fourth-order valence-electron chi connectivity index (χ4n) is 0.680. The fourth-order valence-corrected chi connectivity index (χ4v) is 0.680. The molecule has 14 heavy (non-hydrogen) atoms. The van der Waals surface area contributed by atoms with Gasteiger partial charge in [-0.1, -0.05) is 0 Å². The van der Waals surface area contributed by atoms with Gasteiger partial charge in [-0.2, -0.15) is 0 Å². The van der Waals surface area contributed by atoms with Crippen molar-refractivity contribution < 1.29 is 14.6 Å². The molecule has 0 radical (unpaired) electrons. The van der Waals surface area contributed by atoms with Crippen molar-refractivity contribution in [3.05, 3.63) is 0 Å². The summed E-state index contributed by atoms with van der Waals surface area (Å²) in [5.74, 6) is -1.29. The van der Waals surface area contributed by atoms with E-state index in [4.69, 9.17) is 22.3 Å². The summed E-state index contributed by atoms with van der Waals surface area (Å²) < 4.78 is 4.68. The third kappa shape index (κ3) is 11.3. The van der Waals surface area contributed by atoms with E-state index in [1.807, 2.05) is 0 Å². The zero-order valence-electron chi connectivity index (χ0n) is 8.61. The maximum absolute atomic E-state index is 10.3. The van der Waals surface area contributed by atoms with Crippen LogP contribution in [0.4, 0.5) is 0 Å². The van der Waals surface area contributed by atoms with E-state index in [1.165, 1.54) is 7.11 Å². The van der Waals surface area contributed by atoms with Crippen molar-refractivity contribution in [1.29, 1.82) is 0 Å². The number of carboxylic acids is 1. The van der Waals surface area contributed by atoms with Crippen LogP contribution in [-0.4, -0.2) is 44.4 Å². The summed E-state index contributed by atoms with van der Waals surface area (Å²) in [6.07, 6.45) is 0.475. The molecule has 0 saturated heterocycles. The molecule has 0 spiro atoms. The van der Waals surface area contributed by atoms with E-state index in [0.717, 1.165) is 0 Å². The van der Waals surface area contributed by atoms with Gasteiger partial charge in [-0.25, -0.2) is 0 Å². The largest absolute Gasteiger partial charge is 0.481 e. The highest BCUT2D eigenvalue weighted by atomic mass is 16.5. The molecular formula is C8H21N3O3. The third-order valence-electron chi connectivity index (χ3n) is 1.40. The lowest BCUT2D eigenvalue weighted by molar-refractivity contribution is -0.143. The fraction of sp³-hybridized carbons (Fsp3) is 0.875. The lowest BCUT2D eigenvalue weighted by atomic mass is 10.1. The van der Waals surface area contributed by atoms with Gasteiger partial charge >= 0.3 is 5.97 Å². The van der Waals surface area contributed by atoms with Crippen LogP contribution in [0.3, 0.4) is 0 Å². The Hall–Kier alpha value is -0.690.